The van der Waals surface area contributed by atoms with E-state index in [0.29, 0.717) is 42.7 Å². The van der Waals surface area contributed by atoms with Gasteiger partial charge < -0.3 is 19.1 Å². The lowest BCUT2D eigenvalue weighted by Crippen LogP contribution is -2.23. The molecule has 1 aliphatic heterocycles. The van der Waals surface area contributed by atoms with Crippen molar-refractivity contribution < 1.29 is 13.8 Å². The lowest BCUT2D eigenvalue weighted by Gasteiger charge is -2.19. The molecular weight excluding hydrogens is 370 g/mol. The van der Waals surface area contributed by atoms with Crippen LogP contribution >= 0.6 is 11.9 Å². The molecule has 1 aliphatic rings. The maximum Gasteiger partial charge on any atom is 0.297 e. The van der Waals surface area contributed by atoms with Crippen molar-refractivity contribution in [2.24, 2.45) is 0 Å². The summed E-state index contributed by atoms with van der Waals surface area (Å²) in [5.74, 6) is 2.03. The van der Waals surface area contributed by atoms with Crippen molar-refractivity contribution in [3.8, 4) is 22.9 Å². The minimum absolute atomic E-state index is 0.219. The largest absolute Gasteiger partial charge is 0.486 e. The molecule has 3 aromatic rings. The third-order valence-electron chi connectivity index (χ3n) is 4.15. The van der Waals surface area contributed by atoms with E-state index in [2.05, 4.69) is 10.3 Å². The van der Waals surface area contributed by atoms with E-state index in [-0.39, 0.29) is 11.4 Å². The highest BCUT2D eigenvalue weighted by atomic mass is 35.5. The fourth-order valence-electron chi connectivity index (χ4n) is 2.82. The molecule has 1 aromatic heterocycles. The topological polar surface area (TPSA) is 74.6 Å². The van der Waals surface area contributed by atoms with Crippen LogP contribution in [0.5, 0.6) is 17.2 Å². The van der Waals surface area contributed by atoms with Crippen LogP contribution in [0.15, 0.2) is 59.7 Å². The molecule has 7 nitrogen and oxygen atoms in total. The second-order valence-corrected chi connectivity index (χ2v) is 5.97. The normalized spacial score (nSPS) is 12.5. The molecule has 2 aromatic carbocycles. The molecule has 0 radical (unpaired) electrons. The van der Waals surface area contributed by atoms with Crippen LogP contribution in [0, 0.1) is 0 Å². The Hall–Kier alpha value is -3.19. The van der Waals surface area contributed by atoms with Gasteiger partial charge in [-0.2, -0.15) is 0 Å². The van der Waals surface area contributed by atoms with Crippen molar-refractivity contribution in [3.63, 3.8) is 0 Å². The molecule has 1 N–H and O–H groups in total. The average molecular weight is 386 g/mol. The number of benzene rings is 2. The number of aromatic nitrogens is 2. The Morgan fingerprint density at radius 1 is 1.15 bits per heavy atom. The Kier molecular flexibility index (Phi) is 4.84. The lowest BCUT2D eigenvalue weighted by molar-refractivity contribution is 0.171. The van der Waals surface area contributed by atoms with Gasteiger partial charge in [-0.3, -0.25) is 9.36 Å². The Balaban J connectivity index is 1.61. The van der Waals surface area contributed by atoms with Crippen LogP contribution in [-0.4, -0.2) is 22.8 Å². The highest BCUT2D eigenvalue weighted by Crippen LogP contribution is 2.31. The number of nitrogens with zero attached hydrogens (tertiary/aromatic N) is 2. The predicted molar refractivity (Wildman–Crippen MR) is 101 cm³/mol. The van der Waals surface area contributed by atoms with Crippen LogP contribution in [-0.2, 0) is 6.54 Å². The number of fused-ring (bicyclic) bond motifs is 1. The number of nitrogens with one attached hydrogen (secondary N) is 1. The number of hydrogen-bond donors (Lipinski definition) is 1. The van der Waals surface area contributed by atoms with Crippen LogP contribution in [0.25, 0.3) is 5.69 Å². The first-order chi connectivity index (χ1) is 13.3. The van der Waals surface area contributed by atoms with Crippen molar-refractivity contribution in [1.29, 1.82) is 0 Å². The molecule has 0 fully saturated rings. The van der Waals surface area contributed by atoms with Crippen molar-refractivity contribution in [1.82, 2.24) is 9.55 Å². The van der Waals surface area contributed by atoms with E-state index in [1.54, 1.807) is 36.7 Å². The highest BCUT2D eigenvalue weighted by molar-refractivity contribution is 6.09. The first-order valence-electron chi connectivity index (χ1n) is 8.34. The van der Waals surface area contributed by atoms with Gasteiger partial charge in [0.05, 0.1) is 5.69 Å². The van der Waals surface area contributed by atoms with Gasteiger partial charge in [0, 0.05) is 30.6 Å². The Labute approximate surface area is 160 Å². The van der Waals surface area contributed by atoms with Crippen molar-refractivity contribution in [2.45, 2.75) is 6.54 Å². The fourth-order valence-corrected chi connectivity index (χ4v) is 2.97. The summed E-state index contributed by atoms with van der Waals surface area (Å²) < 4.78 is 17.4. The monoisotopic (exact) mass is 385 g/mol. The molecule has 0 saturated heterocycles. The minimum Gasteiger partial charge on any atom is -0.486 e. The fraction of sp³-hybridized carbons (Fsp3) is 0.158. The molecule has 8 heteroatoms. The molecule has 2 heterocycles. The number of hydrogen-bond acceptors (Lipinski definition) is 6. The zero-order chi connectivity index (χ0) is 18.6. The third-order valence-corrected chi connectivity index (χ3v) is 4.31. The van der Waals surface area contributed by atoms with E-state index < -0.39 is 0 Å². The smallest absolute Gasteiger partial charge is 0.297 e. The van der Waals surface area contributed by atoms with E-state index >= 15 is 0 Å². The standard InChI is InChI=1S/C19H16ClN3O4/c20-27-15-4-2-1-3-13(15)12-22-18-19(24)23(8-7-21-18)14-5-6-16-17(11-14)26-10-9-25-16/h1-8,11H,9-10,12H2,(H,21,22). The zero-order valence-electron chi connectivity index (χ0n) is 14.2. The molecule has 0 saturated carbocycles. The van der Waals surface area contributed by atoms with Gasteiger partial charge in [0.25, 0.3) is 5.56 Å². The maximum absolute atomic E-state index is 12.8. The Morgan fingerprint density at radius 3 is 2.81 bits per heavy atom. The summed E-state index contributed by atoms with van der Waals surface area (Å²) >= 11 is 5.48. The second-order valence-electron chi connectivity index (χ2n) is 5.82. The molecule has 4 rings (SSSR count). The van der Waals surface area contributed by atoms with Crippen LogP contribution in [0.4, 0.5) is 5.82 Å². The van der Waals surface area contributed by atoms with Crippen LogP contribution in [0.2, 0.25) is 0 Å². The number of para-hydroxylation sites is 1. The van der Waals surface area contributed by atoms with Crippen LogP contribution < -0.4 is 24.6 Å². The molecule has 27 heavy (non-hydrogen) atoms. The summed E-state index contributed by atoms with van der Waals surface area (Å²) in [4.78, 5) is 17.0. The van der Waals surface area contributed by atoms with Gasteiger partial charge in [0.15, 0.2) is 23.1 Å². The zero-order valence-corrected chi connectivity index (χ0v) is 15.0. The van der Waals surface area contributed by atoms with E-state index in [1.165, 1.54) is 4.57 Å². The number of rotatable bonds is 5. The molecule has 0 bridgehead atoms. The molecule has 0 unspecified atom stereocenters. The summed E-state index contributed by atoms with van der Waals surface area (Å²) in [6.45, 7) is 1.34. The van der Waals surface area contributed by atoms with E-state index in [4.69, 9.17) is 25.6 Å². The number of ether oxygens (including phenoxy) is 2. The second kappa shape index (κ2) is 7.59. The average Bonchev–Trinajstić information content (AvgIpc) is 2.73. The summed E-state index contributed by atoms with van der Waals surface area (Å²) in [6, 6.07) is 12.6. The molecule has 0 atom stereocenters. The first-order valence-corrected chi connectivity index (χ1v) is 8.65. The highest BCUT2D eigenvalue weighted by Gasteiger charge is 2.14. The summed E-state index contributed by atoms with van der Waals surface area (Å²) in [7, 11) is 0. The van der Waals surface area contributed by atoms with E-state index in [1.807, 2.05) is 18.2 Å². The van der Waals surface area contributed by atoms with Gasteiger partial charge in [-0.1, -0.05) is 18.2 Å². The van der Waals surface area contributed by atoms with Gasteiger partial charge in [-0.05, 0) is 18.2 Å². The molecule has 0 amide bonds. The van der Waals surface area contributed by atoms with Crippen molar-refractivity contribution in [3.05, 3.63) is 70.8 Å². The summed E-state index contributed by atoms with van der Waals surface area (Å²) in [5.41, 5.74) is 1.20. The quantitative estimate of drug-likeness (QED) is 0.727. The molecule has 0 spiro atoms. The summed E-state index contributed by atoms with van der Waals surface area (Å²) in [5, 5.41) is 3.04. The third kappa shape index (κ3) is 3.54. The molecular formula is C19H16ClN3O4. The van der Waals surface area contributed by atoms with E-state index in [0.717, 1.165) is 5.56 Å². The van der Waals surface area contributed by atoms with Gasteiger partial charge in [-0.25, -0.2) is 4.98 Å². The van der Waals surface area contributed by atoms with E-state index in [9.17, 15) is 4.79 Å². The van der Waals surface area contributed by atoms with Crippen LogP contribution in [0.3, 0.4) is 0 Å². The lowest BCUT2D eigenvalue weighted by atomic mass is 10.2. The van der Waals surface area contributed by atoms with Crippen molar-refractivity contribution in [2.75, 3.05) is 18.5 Å². The van der Waals surface area contributed by atoms with Gasteiger partial charge in [0.2, 0.25) is 0 Å². The van der Waals surface area contributed by atoms with Crippen molar-refractivity contribution >= 4 is 17.7 Å². The number of halogens is 1. The van der Waals surface area contributed by atoms with Crippen LogP contribution in [0.1, 0.15) is 5.56 Å². The van der Waals surface area contributed by atoms with Gasteiger partial charge >= 0.3 is 0 Å². The maximum atomic E-state index is 12.8. The van der Waals surface area contributed by atoms with Gasteiger partial charge in [-0.15, -0.1) is 0 Å². The Bertz CT molecular complexity index is 1020. The molecule has 0 aliphatic carbocycles. The Morgan fingerprint density at radius 2 is 1.96 bits per heavy atom. The minimum atomic E-state index is -0.279. The summed E-state index contributed by atoms with van der Waals surface area (Å²) in [6.07, 6.45) is 3.17. The molecule has 138 valence electrons. The SMILES string of the molecule is O=c1c(NCc2ccccc2OCl)nccn1-c1ccc2c(c1)OCCO2. The number of anilines is 1. The van der Waals surface area contributed by atoms with Gasteiger partial charge in [0.1, 0.15) is 25.1 Å². The predicted octanol–water partition coefficient (Wildman–Crippen LogP) is 3.15. The first kappa shape index (κ1) is 17.2.